The summed E-state index contributed by atoms with van der Waals surface area (Å²) in [5.41, 5.74) is 0. The largest absolute Gasteiger partial charge is 0.477 e. The first kappa shape index (κ1) is 102. The van der Waals surface area contributed by atoms with Crippen LogP contribution in [0.1, 0.15) is 47.5 Å². The maximum Gasteiger partial charge on any atom is 0.364 e. The normalized spacial score (nSPS) is 46.6. The predicted octanol–water partition coefficient (Wildman–Crippen LogP) is -20.6. The van der Waals surface area contributed by atoms with Gasteiger partial charge < -0.3 is 245 Å². The fourth-order valence-corrected chi connectivity index (χ4v) is 15.6. The van der Waals surface area contributed by atoms with E-state index in [0.717, 1.165) is 27.7 Å². The lowest BCUT2D eigenvalue weighted by molar-refractivity contribution is -0.394. The summed E-state index contributed by atoms with van der Waals surface area (Å²) in [6.45, 7) is -4.84. The van der Waals surface area contributed by atoms with Crippen LogP contribution in [0.2, 0.25) is 0 Å². The number of hydrogen-bond donors (Lipinski definition) is 32. The smallest absolute Gasteiger partial charge is 0.364 e. The Morgan fingerprint density at radius 1 is 0.350 bits per heavy atom. The Labute approximate surface area is 694 Å². The number of carboxylic acid groups (broad SMARTS) is 2. The highest BCUT2D eigenvalue weighted by Crippen LogP contribution is 2.42. The van der Waals surface area contributed by atoms with Gasteiger partial charge in [0.2, 0.25) is 23.6 Å². The number of aliphatic carboxylic acids is 2. The SMILES string of the molecule is CC(=O)N[C@H]1[C@H](OC[C@H]2O[C@@H](O[C@H]3[C@H](O)[C@@H](O)C(O)O[C@@H]3CO)[C@H](O)[C@@H](O[C@@H]3O[C@H](CO)[C@@H](O[C@@H]4O[C@H](CO[C@]5(C(=O)O)C[C@H](O)[C@@H](NC(C)=O)[C@H]([C@H](O)[C@H](O)CO)O5)[C@H](O)[C@H](O)[C@H]4O)[C@H](O[C@@H]4O[C@@H](C)[C@@H](O)[C@@H](O)[C@@H]4O)[C@H]3NC(C)=O)[C@H]2O)O[C@H](CO)[C@@H](O[C@@H]2O[C@H](CO[C@]3(C(=O)O)C[C@H](O)[C@@H](NC(C)=O)[C@H]([C@H](O)[C@H](O)CO)O3)[C@H](O)[C@H](O)[C@H]2O)[C@@H]1O. The molecule has 9 heterocycles. The molecule has 55 nitrogen and oxygen atoms in total. The van der Waals surface area contributed by atoms with E-state index in [-0.39, 0.29) is 0 Å². The molecule has 0 aromatic heterocycles. The number of carbonyl (C=O) groups excluding carboxylic acids is 4. The molecule has 9 aliphatic rings. The van der Waals surface area contributed by atoms with Gasteiger partial charge in [0, 0.05) is 40.5 Å². The number of aliphatic hydroxyl groups excluding tert-OH is 26. The lowest BCUT2D eigenvalue weighted by atomic mass is 9.88. The summed E-state index contributed by atoms with van der Waals surface area (Å²) in [6.07, 6.45) is -92.1. The van der Waals surface area contributed by atoms with E-state index < -0.39 is 389 Å². The van der Waals surface area contributed by atoms with Crippen LogP contribution in [-0.4, -0.2) is 519 Å². The van der Waals surface area contributed by atoms with Crippen LogP contribution in [0.25, 0.3) is 0 Å². The predicted molar refractivity (Wildman–Crippen MR) is 376 cm³/mol. The molecular weight excluding hydrogens is 1690 g/mol. The van der Waals surface area contributed by atoms with E-state index in [2.05, 4.69) is 21.3 Å². The van der Waals surface area contributed by atoms with Crippen molar-refractivity contribution < 1.29 is 252 Å². The molecule has 55 heteroatoms. The Kier molecular flexibility index (Phi) is 35.8. The molecule has 1 unspecified atom stereocenters. The first-order valence-corrected chi connectivity index (χ1v) is 38.7. The average molecular weight is 1800 g/mol. The van der Waals surface area contributed by atoms with E-state index in [0.29, 0.717) is 0 Å². The highest BCUT2D eigenvalue weighted by atomic mass is 16.8. The number of carboxylic acids is 2. The maximum absolute atomic E-state index is 13.6. The zero-order chi connectivity index (χ0) is 91.4. The van der Waals surface area contributed by atoms with Crippen LogP contribution < -0.4 is 21.3 Å². The molecule has 4 amide bonds. The molecule has 9 fully saturated rings. The van der Waals surface area contributed by atoms with Gasteiger partial charge in [-0.2, -0.15) is 0 Å². The van der Waals surface area contributed by atoms with Gasteiger partial charge in [0.25, 0.3) is 11.6 Å². The number of rotatable bonds is 34. The van der Waals surface area contributed by atoms with Crippen molar-refractivity contribution in [3.8, 4) is 0 Å². The zero-order valence-corrected chi connectivity index (χ0v) is 66.0. The first-order chi connectivity index (χ1) is 57.7. The molecule has 0 radical (unpaired) electrons. The van der Waals surface area contributed by atoms with Crippen LogP contribution >= 0.6 is 0 Å². The van der Waals surface area contributed by atoms with Gasteiger partial charge in [-0.05, 0) is 6.92 Å². The molecule has 0 spiro atoms. The van der Waals surface area contributed by atoms with Crippen molar-refractivity contribution in [2.75, 3.05) is 52.9 Å². The number of hydrogen-bond acceptors (Lipinski definition) is 49. The van der Waals surface area contributed by atoms with E-state index in [1.165, 1.54) is 6.92 Å². The van der Waals surface area contributed by atoms with E-state index in [1.807, 2.05) is 0 Å². The summed E-state index contributed by atoms with van der Waals surface area (Å²) in [6, 6.07) is -7.51. The van der Waals surface area contributed by atoms with Gasteiger partial charge in [0.05, 0.1) is 83.3 Å². The third-order valence-corrected chi connectivity index (χ3v) is 22.3. The molecule has 47 atom stereocenters. The standard InChI is InChI=1S/C68H112N4O51/c1-16-35(86)42(93)47(98)61(110-16)120-56-34(72-20(5)81)60(113-27(12-77)53(56)119-63-49(100)44(95)39(90)30(116-63)15-109-68(66(105)106)7-22(83)32(70-18(3)79)55(123-68)37(88)24(85)9-74)121-57-40(91)28(114-64(50(57)101)118-52-25(10-75)111-58(102)46(97)45(52)96)13-107-59-33(71-19(4)80)41(92)51(26(11-76)112-59)117-62-48(99)43(94)38(89)29(115-62)14-108-67(65(103)104)6-21(82)31(69-17(2)78)54(122-67)36(87)23(84)8-73/h16,21-64,73-77,82-102H,6-15H2,1-5H3,(H,69,78)(H,70,79)(H,71,80)(H,72,81)(H,103,104)(H,105,106)/t16-,21-,22-,23+,24+,25+,26+,27+,28+,29+,30+,31+,32+,33+,34+,35+,36+,37+,38-,39-,40-,41+,42+,43-,44-,45+,46+,47-,48+,49+,50+,51+,52+,53+,54+,55+,56+,57-,58?,59+,60-,61-,62-,63-,64-,67+,68+/m0/s1. The van der Waals surface area contributed by atoms with Crippen LogP contribution in [0, 0.1) is 0 Å². The van der Waals surface area contributed by atoms with Crippen molar-refractivity contribution in [1.29, 1.82) is 0 Å². The topological polar surface area (TPSA) is 874 Å². The Balaban J connectivity index is 1.00. The monoisotopic (exact) mass is 1800 g/mol. The highest BCUT2D eigenvalue weighted by molar-refractivity contribution is 5.78. The van der Waals surface area contributed by atoms with Gasteiger partial charge in [-0.3, -0.25) is 19.2 Å². The van der Waals surface area contributed by atoms with Crippen LogP contribution in [0.5, 0.6) is 0 Å². The van der Waals surface area contributed by atoms with Gasteiger partial charge >= 0.3 is 11.9 Å². The Hall–Kier alpha value is -4.90. The van der Waals surface area contributed by atoms with Crippen molar-refractivity contribution >= 4 is 35.6 Å². The first-order valence-electron chi connectivity index (χ1n) is 38.7. The minimum Gasteiger partial charge on any atom is -0.477 e. The van der Waals surface area contributed by atoms with Crippen LogP contribution in [0.3, 0.4) is 0 Å². The minimum absolute atomic E-state index is 0.841. The molecule has 32 N–H and O–H groups in total. The Bertz CT molecular complexity index is 3430. The summed E-state index contributed by atoms with van der Waals surface area (Å²) >= 11 is 0. The third kappa shape index (κ3) is 22.6. The van der Waals surface area contributed by atoms with E-state index >= 15 is 0 Å². The molecule has 0 aromatic carbocycles. The highest BCUT2D eigenvalue weighted by Gasteiger charge is 2.63. The molecule has 710 valence electrons. The molecule has 0 aliphatic carbocycles. The summed E-state index contributed by atoms with van der Waals surface area (Å²) in [4.78, 5) is 77.1. The van der Waals surface area contributed by atoms with Crippen molar-refractivity contribution in [1.82, 2.24) is 21.3 Å². The lowest BCUT2D eigenvalue weighted by Crippen LogP contribution is -2.71. The molecule has 9 aliphatic heterocycles. The Morgan fingerprint density at radius 2 is 0.699 bits per heavy atom. The molecule has 0 bridgehead atoms. The second kappa shape index (κ2) is 43.2. The van der Waals surface area contributed by atoms with Crippen LogP contribution in [-0.2, 0) is 109 Å². The number of ether oxygens (including phenoxy) is 17. The molecule has 9 rings (SSSR count). The summed E-state index contributed by atoms with van der Waals surface area (Å²) in [5.74, 6) is -14.1. The van der Waals surface area contributed by atoms with Crippen LogP contribution in [0.15, 0.2) is 0 Å². The van der Waals surface area contributed by atoms with E-state index in [4.69, 9.17) is 80.5 Å². The van der Waals surface area contributed by atoms with Crippen molar-refractivity contribution in [3.05, 3.63) is 0 Å². The lowest BCUT2D eigenvalue weighted by Gasteiger charge is -2.52. The fourth-order valence-electron chi connectivity index (χ4n) is 15.6. The van der Waals surface area contributed by atoms with Gasteiger partial charge in [-0.1, -0.05) is 0 Å². The molecule has 9 saturated heterocycles. The molecule has 0 aromatic rings. The number of nitrogens with one attached hydrogen (secondary N) is 4. The second-order valence-corrected chi connectivity index (χ2v) is 31.1. The fraction of sp³-hybridized carbons (Fsp3) is 0.912. The van der Waals surface area contributed by atoms with Gasteiger partial charge in [0.15, 0.2) is 44.0 Å². The van der Waals surface area contributed by atoms with E-state index in [9.17, 15) is 172 Å². The molecular formula is C68H112N4O51. The summed E-state index contributed by atoms with van der Waals surface area (Å²) < 4.78 is 100. The van der Waals surface area contributed by atoms with Crippen molar-refractivity contribution in [2.24, 2.45) is 0 Å². The number of carbonyl (C=O) groups is 6. The van der Waals surface area contributed by atoms with Gasteiger partial charge in [-0.25, -0.2) is 9.59 Å². The summed E-state index contributed by atoms with van der Waals surface area (Å²) in [7, 11) is 0. The average Bonchev–Trinajstić information content (AvgIpc) is 0.767. The quantitative estimate of drug-likeness (QED) is 0.0284. The van der Waals surface area contributed by atoms with E-state index in [1.54, 1.807) is 0 Å². The Morgan fingerprint density at radius 3 is 1.13 bits per heavy atom. The van der Waals surface area contributed by atoms with Crippen molar-refractivity contribution in [3.63, 3.8) is 0 Å². The van der Waals surface area contributed by atoms with Crippen LogP contribution in [0.4, 0.5) is 0 Å². The van der Waals surface area contributed by atoms with Crippen molar-refractivity contribution in [2.45, 2.75) is 335 Å². The second-order valence-electron chi connectivity index (χ2n) is 31.1. The molecule has 0 saturated carbocycles. The molecule has 123 heavy (non-hydrogen) atoms. The number of aliphatic hydroxyl groups is 26. The third-order valence-electron chi connectivity index (χ3n) is 22.3. The minimum atomic E-state index is -3.14. The zero-order valence-electron chi connectivity index (χ0n) is 66.0. The summed E-state index contributed by atoms with van der Waals surface area (Å²) in [5, 5.41) is 318. The maximum atomic E-state index is 13.6. The van der Waals surface area contributed by atoms with Gasteiger partial charge in [-0.15, -0.1) is 0 Å². The number of amides is 4. The van der Waals surface area contributed by atoms with Gasteiger partial charge in [0.1, 0.15) is 201 Å².